The van der Waals surface area contributed by atoms with Crippen LogP contribution >= 0.6 is 0 Å². The Balaban J connectivity index is 1.99. The summed E-state index contributed by atoms with van der Waals surface area (Å²) in [5.74, 6) is -0.954. The van der Waals surface area contributed by atoms with E-state index in [0.717, 1.165) is 24.0 Å². The fourth-order valence-corrected chi connectivity index (χ4v) is 5.75. The zero-order chi connectivity index (χ0) is 27.6. The number of carboxylic acid groups (broad SMARTS) is 1. The van der Waals surface area contributed by atoms with E-state index < -0.39 is 19.9 Å². The summed E-state index contributed by atoms with van der Waals surface area (Å²) in [6.07, 6.45) is 5.07. The molecule has 1 fully saturated rings. The number of aromatic carboxylic acids is 1. The highest BCUT2D eigenvalue weighted by atomic mass is 28.4. The van der Waals surface area contributed by atoms with Crippen LogP contribution < -0.4 is 0 Å². The molecule has 0 radical (unpaired) electrons. The monoisotopic (exact) mass is 526 g/mol. The van der Waals surface area contributed by atoms with E-state index in [0.29, 0.717) is 6.42 Å². The lowest BCUT2D eigenvalue weighted by Crippen LogP contribution is -2.50. The van der Waals surface area contributed by atoms with Crippen LogP contribution in [-0.2, 0) is 15.6 Å². The van der Waals surface area contributed by atoms with Gasteiger partial charge in [-0.05, 0) is 87.5 Å². The Labute approximate surface area is 222 Å². The number of carbonyl (C=O) groups is 2. The van der Waals surface area contributed by atoms with Crippen LogP contribution in [0, 0.1) is 0 Å². The van der Waals surface area contributed by atoms with Gasteiger partial charge in [-0.15, -0.1) is 0 Å². The molecule has 3 atom stereocenters. The summed E-state index contributed by atoms with van der Waals surface area (Å²) >= 11 is 0. The zero-order valence-electron chi connectivity index (χ0n) is 23.4. The smallest absolute Gasteiger partial charge is 0.410 e. The topological polar surface area (TPSA) is 89.0 Å². The standard InChI is InChI=1S/C29H42N2O5Si/c1-28(2,3)35-27(34)31-23(18-20-11-13-21(14-12-20)26(32)33)15-16-24(31)25(22-10-9-17-30-19-22)36-37(7,8)29(4,5)6/h9-14,17,19,23-25H,15-16,18H2,1-8H3,(H,32,33)/t23-,24+,25-/m1/s1. The molecule has 3 rings (SSSR count). The second kappa shape index (κ2) is 11.0. The van der Waals surface area contributed by atoms with E-state index in [2.05, 4.69) is 38.8 Å². The van der Waals surface area contributed by atoms with Crippen LogP contribution in [0.1, 0.15) is 82.0 Å². The Morgan fingerprint density at radius 1 is 1.08 bits per heavy atom. The molecule has 1 N–H and O–H groups in total. The Morgan fingerprint density at radius 2 is 1.73 bits per heavy atom. The van der Waals surface area contributed by atoms with E-state index in [-0.39, 0.29) is 34.9 Å². The molecule has 7 nitrogen and oxygen atoms in total. The lowest BCUT2D eigenvalue weighted by Gasteiger charge is -2.43. The fraction of sp³-hybridized carbons (Fsp3) is 0.552. The molecule has 1 aliphatic rings. The number of hydrogen-bond donors (Lipinski definition) is 1. The summed E-state index contributed by atoms with van der Waals surface area (Å²) in [6, 6.07) is 10.5. The number of rotatable bonds is 7. The summed E-state index contributed by atoms with van der Waals surface area (Å²) in [4.78, 5) is 31.2. The zero-order valence-corrected chi connectivity index (χ0v) is 24.4. The number of pyridine rings is 1. The molecule has 202 valence electrons. The molecule has 1 saturated heterocycles. The molecule has 1 aromatic carbocycles. The summed E-state index contributed by atoms with van der Waals surface area (Å²) in [5, 5.41) is 9.25. The van der Waals surface area contributed by atoms with Gasteiger partial charge in [-0.1, -0.05) is 39.0 Å². The van der Waals surface area contributed by atoms with E-state index in [1.165, 1.54) is 0 Å². The van der Waals surface area contributed by atoms with Gasteiger partial charge in [-0.2, -0.15) is 0 Å². The first-order valence-electron chi connectivity index (χ1n) is 13.0. The molecule has 0 spiro atoms. The van der Waals surface area contributed by atoms with Gasteiger partial charge in [0.05, 0.1) is 17.7 Å². The first-order chi connectivity index (χ1) is 17.1. The Morgan fingerprint density at radius 3 is 2.24 bits per heavy atom. The molecular formula is C29H42N2O5Si. The molecule has 1 aliphatic heterocycles. The normalized spacial score (nSPS) is 19.5. The SMILES string of the molecule is CC(C)(C)OC(=O)N1[C@@H](Cc2ccc(C(=O)O)cc2)CC[C@H]1[C@H](O[Si](C)(C)C(C)(C)C)c1cccnc1. The van der Waals surface area contributed by atoms with Gasteiger partial charge in [0.25, 0.3) is 0 Å². The summed E-state index contributed by atoms with van der Waals surface area (Å²) in [7, 11) is -2.20. The molecule has 2 heterocycles. The van der Waals surface area contributed by atoms with E-state index in [1.54, 1.807) is 18.3 Å². The third kappa shape index (κ3) is 7.20. The molecule has 1 aromatic heterocycles. The second-order valence-electron chi connectivity index (χ2n) is 12.5. The average molecular weight is 527 g/mol. The highest BCUT2D eigenvalue weighted by Gasteiger charge is 2.47. The minimum Gasteiger partial charge on any atom is -0.478 e. The summed E-state index contributed by atoms with van der Waals surface area (Å²) < 4.78 is 12.9. The van der Waals surface area contributed by atoms with Crippen molar-refractivity contribution in [3.05, 3.63) is 65.5 Å². The fourth-order valence-electron chi connectivity index (χ4n) is 4.47. The predicted octanol–water partition coefficient (Wildman–Crippen LogP) is 6.85. The lowest BCUT2D eigenvalue weighted by molar-refractivity contribution is -0.00244. The first-order valence-corrected chi connectivity index (χ1v) is 15.9. The third-order valence-electron chi connectivity index (χ3n) is 7.41. The molecule has 8 heteroatoms. The van der Waals surface area contributed by atoms with E-state index in [9.17, 15) is 14.7 Å². The number of carbonyl (C=O) groups excluding carboxylic acids is 1. The number of aromatic nitrogens is 1. The van der Waals surface area contributed by atoms with Crippen molar-refractivity contribution in [2.45, 2.75) is 103 Å². The van der Waals surface area contributed by atoms with Gasteiger partial charge in [0.2, 0.25) is 0 Å². The molecule has 0 aliphatic carbocycles. The predicted molar refractivity (Wildman–Crippen MR) is 147 cm³/mol. The number of likely N-dealkylation sites (tertiary alicyclic amines) is 1. The van der Waals surface area contributed by atoms with Crippen LogP contribution in [0.15, 0.2) is 48.8 Å². The maximum absolute atomic E-state index is 13.7. The van der Waals surface area contributed by atoms with Gasteiger partial charge >= 0.3 is 12.1 Å². The van der Waals surface area contributed by atoms with Gasteiger partial charge < -0.3 is 14.3 Å². The van der Waals surface area contributed by atoms with E-state index >= 15 is 0 Å². The Bertz CT molecular complexity index is 1070. The largest absolute Gasteiger partial charge is 0.478 e. The van der Waals surface area contributed by atoms with Gasteiger partial charge in [0, 0.05) is 18.4 Å². The first kappa shape index (κ1) is 28.9. The Kier molecular flexibility index (Phi) is 8.54. The highest BCUT2D eigenvalue weighted by Crippen LogP contribution is 2.44. The van der Waals surface area contributed by atoms with Crippen molar-refractivity contribution >= 4 is 20.4 Å². The molecule has 37 heavy (non-hydrogen) atoms. The van der Waals surface area contributed by atoms with Crippen LogP contribution in [0.5, 0.6) is 0 Å². The van der Waals surface area contributed by atoms with E-state index in [1.807, 2.05) is 56.1 Å². The number of nitrogens with zero attached hydrogens (tertiary/aromatic N) is 2. The maximum Gasteiger partial charge on any atom is 0.410 e. The molecule has 1 amide bonds. The van der Waals surface area contributed by atoms with E-state index in [4.69, 9.17) is 9.16 Å². The lowest BCUT2D eigenvalue weighted by atomic mass is 10.0. The quantitative estimate of drug-likeness (QED) is 0.397. The minimum atomic E-state index is -2.20. The number of amides is 1. The number of ether oxygens (including phenoxy) is 1. The van der Waals surface area contributed by atoms with Crippen molar-refractivity contribution in [1.29, 1.82) is 0 Å². The second-order valence-corrected chi connectivity index (χ2v) is 17.2. The van der Waals surface area contributed by atoms with Gasteiger partial charge in [-0.25, -0.2) is 9.59 Å². The van der Waals surface area contributed by atoms with Crippen LogP contribution in [-0.4, -0.2) is 53.1 Å². The Hall–Kier alpha value is -2.71. The van der Waals surface area contributed by atoms with Gasteiger partial charge in [0.1, 0.15) is 5.60 Å². The minimum absolute atomic E-state index is 0.00585. The third-order valence-corrected chi connectivity index (χ3v) is 11.9. The maximum atomic E-state index is 13.7. The summed E-state index contributed by atoms with van der Waals surface area (Å²) in [6.45, 7) is 16.7. The van der Waals surface area contributed by atoms with Crippen LogP contribution in [0.2, 0.25) is 18.1 Å². The van der Waals surface area contributed by atoms with Crippen LogP contribution in [0.4, 0.5) is 4.79 Å². The number of hydrogen-bond acceptors (Lipinski definition) is 5. The highest BCUT2D eigenvalue weighted by molar-refractivity contribution is 6.74. The van der Waals surface area contributed by atoms with Gasteiger partial charge in [0.15, 0.2) is 8.32 Å². The molecule has 2 aromatic rings. The number of benzene rings is 1. The van der Waals surface area contributed by atoms with Crippen molar-refractivity contribution in [3.63, 3.8) is 0 Å². The van der Waals surface area contributed by atoms with Crippen molar-refractivity contribution in [2.75, 3.05) is 0 Å². The molecule has 0 bridgehead atoms. The van der Waals surface area contributed by atoms with Crippen molar-refractivity contribution in [1.82, 2.24) is 9.88 Å². The molecule has 0 saturated carbocycles. The van der Waals surface area contributed by atoms with Crippen molar-refractivity contribution in [3.8, 4) is 0 Å². The molecular weight excluding hydrogens is 484 g/mol. The number of carboxylic acids is 1. The van der Waals surface area contributed by atoms with Crippen molar-refractivity contribution < 1.29 is 23.9 Å². The summed E-state index contributed by atoms with van der Waals surface area (Å²) in [5.41, 5.74) is 1.54. The molecule has 0 unspecified atom stereocenters. The van der Waals surface area contributed by atoms with Gasteiger partial charge in [-0.3, -0.25) is 9.88 Å². The average Bonchev–Trinajstić information content (AvgIpc) is 3.20. The van der Waals surface area contributed by atoms with Crippen LogP contribution in [0.25, 0.3) is 0 Å². The van der Waals surface area contributed by atoms with Crippen molar-refractivity contribution in [2.24, 2.45) is 0 Å². The van der Waals surface area contributed by atoms with Crippen LogP contribution in [0.3, 0.4) is 0 Å².